The van der Waals surface area contributed by atoms with Crippen LogP contribution in [0.25, 0.3) is 0 Å². The highest BCUT2D eigenvalue weighted by molar-refractivity contribution is 9.10. The van der Waals surface area contributed by atoms with E-state index in [1.807, 2.05) is 54.7 Å². The average molecular weight is 394 g/mol. The minimum atomic E-state index is 0.548. The maximum Gasteiger partial charge on any atom is 0.120 e. The van der Waals surface area contributed by atoms with Crippen molar-refractivity contribution in [2.75, 3.05) is 0 Å². The number of hydrogen-bond donors (Lipinski definition) is 0. The van der Waals surface area contributed by atoms with Gasteiger partial charge in [-0.15, -0.1) is 0 Å². The fourth-order valence-corrected chi connectivity index (χ4v) is 2.66. The molecule has 0 aromatic heterocycles. The zero-order chi connectivity index (χ0) is 17.5. The van der Waals surface area contributed by atoms with Crippen molar-refractivity contribution >= 4 is 27.8 Å². The molecule has 25 heavy (non-hydrogen) atoms. The van der Waals surface area contributed by atoms with Crippen molar-refractivity contribution in [2.24, 2.45) is 4.99 Å². The summed E-state index contributed by atoms with van der Waals surface area (Å²) in [6.45, 7) is 2.70. The van der Waals surface area contributed by atoms with Gasteiger partial charge in [0.15, 0.2) is 0 Å². The fourth-order valence-electron chi connectivity index (χ4n) is 2.40. The van der Waals surface area contributed by atoms with Gasteiger partial charge in [-0.1, -0.05) is 59.3 Å². The van der Waals surface area contributed by atoms with E-state index in [9.17, 15) is 0 Å². The molecule has 0 fully saturated rings. The molecule has 3 aromatic rings. The number of aryl methyl sites for hydroxylation is 1. The monoisotopic (exact) mass is 393 g/mol. The molecule has 0 atom stereocenters. The van der Waals surface area contributed by atoms with E-state index in [1.165, 1.54) is 5.56 Å². The molecule has 0 unspecified atom stereocenters. The van der Waals surface area contributed by atoms with Gasteiger partial charge in [-0.2, -0.15) is 0 Å². The standard InChI is InChI=1S/C22H20BrNO/c1-2-17-8-12-21(13-9-17)24-15-19-4-3-5-22(14-19)25-16-18-6-10-20(23)11-7-18/h3-15H,2,16H2,1H3. The molecule has 0 saturated carbocycles. The molecule has 3 rings (SSSR count). The van der Waals surface area contributed by atoms with Crippen molar-refractivity contribution in [2.45, 2.75) is 20.0 Å². The predicted octanol–water partition coefficient (Wildman–Crippen LogP) is 6.34. The number of hydrogen-bond acceptors (Lipinski definition) is 2. The first-order chi connectivity index (χ1) is 12.2. The van der Waals surface area contributed by atoms with E-state index in [0.29, 0.717) is 6.61 Å². The number of aliphatic imine (C=N–C) groups is 1. The molecular weight excluding hydrogens is 374 g/mol. The minimum absolute atomic E-state index is 0.548. The van der Waals surface area contributed by atoms with E-state index < -0.39 is 0 Å². The Kier molecular flexibility index (Phi) is 6.02. The topological polar surface area (TPSA) is 21.6 Å². The molecule has 0 amide bonds. The lowest BCUT2D eigenvalue weighted by molar-refractivity contribution is 0.306. The van der Waals surface area contributed by atoms with Gasteiger partial charge in [0, 0.05) is 10.7 Å². The third-order valence-corrected chi connectivity index (χ3v) is 4.41. The lowest BCUT2D eigenvalue weighted by atomic mass is 10.1. The second-order valence-corrected chi connectivity index (χ2v) is 6.68. The van der Waals surface area contributed by atoms with Crippen LogP contribution in [0.2, 0.25) is 0 Å². The first-order valence-corrected chi connectivity index (χ1v) is 9.12. The molecule has 0 aliphatic carbocycles. The van der Waals surface area contributed by atoms with Crippen molar-refractivity contribution in [3.63, 3.8) is 0 Å². The van der Waals surface area contributed by atoms with Gasteiger partial charge in [-0.05, 0) is 59.5 Å². The summed E-state index contributed by atoms with van der Waals surface area (Å²) >= 11 is 3.44. The molecule has 0 saturated heterocycles. The fraction of sp³-hybridized carbons (Fsp3) is 0.136. The minimum Gasteiger partial charge on any atom is -0.489 e. The van der Waals surface area contributed by atoms with Crippen molar-refractivity contribution in [3.8, 4) is 5.75 Å². The molecule has 2 nitrogen and oxygen atoms in total. The Bertz CT molecular complexity index is 839. The van der Waals surface area contributed by atoms with Gasteiger partial charge >= 0.3 is 0 Å². The zero-order valence-corrected chi connectivity index (χ0v) is 15.7. The van der Waals surface area contributed by atoms with E-state index in [0.717, 1.165) is 33.5 Å². The zero-order valence-electron chi connectivity index (χ0n) is 14.2. The van der Waals surface area contributed by atoms with Gasteiger partial charge < -0.3 is 4.74 Å². The highest BCUT2D eigenvalue weighted by atomic mass is 79.9. The van der Waals surface area contributed by atoms with Crippen molar-refractivity contribution in [1.29, 1.82) is 0 Å². The third kappa shape index (κ3) is 5.30. The number of nitrogens with zero attached hydrogens (tertiary/aromatic N) is 1. The van der Waals surface area contributed by atoms with Gasteiger partial charge in [0.25, 0.3) is 0 Å². The molecule has 0 radical (unpaired) electrons. The molecule has 0 aliphatic rings. The number of halogens is 1. The largest absolute Gasteiger partial charge is 0.489 e. The van der Waals surface area contributed by atoms with Gasteiger partial charge in [0.2, 0.25) is 0 Å². The van der Waals surface area contributed by atoms with Crippen LogP contribution in [0, 0.1) is 0 Å². The number of ether oxygens (including phenoxy) is 1. The first kappa shape index (κ1) is 17.4. The lowest BCUT2D eigenvalue weighted by Crippen LogP contribution is -1.95. The van der Waals surface area contributed by atoms with E-state index >= 15 is 0 Å². The quantitative estimate of drug-likeness (QED) is 0.447. The van der Waals surface area contributed by atoms with Crippen LogP contribution >= 0.6 is 15.9 Å². The summed E-state index contributed by atoms with van der Waals surface area (Å²) in [4.78, 5) is 4.54. The normalized spacial score (nSPS) is 11.0. The molecule has 3 aromatic carbocycles. The van der Waals surface area contributed by atoms with Crippen molar-refractivity contribution in [3.05, 3.63) is 94.0 Å². The van der Waals surface area contributed by atoms with Crippen LogP contribution in [0.1, 0.15) is 23.6 Å². The van der Waals surface area contributed by atoms with Crippen molar-refractivity contribution < 1.29 is 4.74 Å². The Labute approximate surface area is 157 Å². The van der Waals surface area contributed by atoms with Crippen LogP contribution < -0.4 is 4.74 Å². The van der Waals surface area contributed by atoms with Crippen molar-refractivity contribution in [1.82, 2.24) is 0 Å². The van der Waals surface area contributed by atoms with Crippen LogP contribution in [-0.4, -0.2) is 6.21 Å². The first-order valence-electron chi connectivity index (χ1n) is 8.33. The Hall–Kier alpha value is -2.39. The summed E-state index contributed by atoms with van der Waals surface area (Å²) in [5, 5.41) is 0. The van der Waals surface area contributed by atoms with E-state index in [4.69, 9.17) is 4.74 Å². The SMILES string of the molecule is CCc1ccc(N=Cc2cccc(OCc3ccc(Br)cc3)c2)cc1. The van der Waals surface area contributed by atoms with Crippen LogP contribution in [-0.2, 0) is 13.0 Å². The molecule has 0 spiro atoms. The van der Waals surface area contributed by atoms with Gasteiger partial charge in [0.05, 0.1) is 5.69 Å². The maximum atomic E-state index is 5.88. The molecule has 126 valence electrons. The summed E-state index contributed by atoms with van der Waals surface area (Å²) in [5.74, 6) is 0.841. The summed E-state index contributed by atoms with van der Waals surface area (Å²) in [5.41, 5.74) is 4.44. The summed E-state index contributed by atoms with van der Waals surface area (Å²) < 4.78 is 6.95. The molecule has 0 bridgehead atoms. The van der Waals surface area contributed by atoms with Gasteiger partial charge in [-0.25, -0.2) is 0 Å². The Morgan fingerprint density at radius 3 is 2.36 bits per heavy atom. The van der Waals surface area contributed by atoms with Gasteiger partial charge in [-0.3, -0.25) is 4.99 Å². The average Bonchev–Trinajstić information content (AvgIpc) is 2.67. The molecule has 0 aliphatic heterocycles. The molecule has 3 heteroatoms. The second-order valence-electron chi connectivity index (χ2n) is 5.77. The predicted molar refractivity (Wildman–Crippen MR) is 108 cm³/mol. The maximum absolute atomic E-state index is 5.88. The Morgan fingerprint density at radius 2 is 1.64 bits per heavy atom. The van der Waals surface area contributed by atoms with Crippen LogP contribution in [0.15, 0.2) is 82.3 Å². The van der Waals surface area contributed by atoms with E-state index in [1.54, 1.807) is 0 Å². The van der Waals surface area contributed by atoms with E-state index in [-0.39, 0.29) is 0 Å². The highest BCUT2D eigenvalue weighted by Gasteiger charge is 1.98. The van der Waals surface area contributed by atoms with Crippen LogP contribution in [0.5, 0.6) is 5.75 Å². The summed E-state index contributed by atoms with van der Waals surface area (Å²) in [6, 6.07) is 24.4. The Balaban J connectivity index is 1.64. The lowest BCUT2D eigenvalue weighted by Gasteiger charge is -2.07. The number of benzene rings is 3. The number of rotatable bonds is 6. The molecule has 0 N–H and O–H groups in total. The second kappa shape index (κ2) is 8.63. The van der Waals surface area contributed by atoms with Crippen LogP contribution in [0.4, 0.5) is 5.69 Å². The molecular formula is C22H20BrNO. The smallest absolute Gasteiger partial charge is 0.120 e. The molecule has 0 heterocycles. The third-order valence-electron chi connectivity index (χ3n) is 3.88. The summed E-state index contributed by atoms with van der Waals surface area (Å²) in [7, 11) is 0. The highest BCUT2D eigenvalue weighted by Crippen LogP contribution is 2.17. The van der Waals surface area contributed by atoms with Crippen LogP contribution in [0.3, 0.4) is 0 Å². The summed E-state index contributed by atoms with van der Waals surface area (Å²) in [6.07, 6.45) is 2.91. The van der Waals surface area contributed by atoms with E-state index in [2.05, 4.69) is 52.1 Å². The van der Waals surface area contributed by atoms with Gasteiger partial charge in [0.1, 0.15) is 12.4 Å². The Morgan fingerprint density at radius 1 is 0.920 bits per heavy atom.